The van der Waals surface area contributed by atoms with Crippen LogP contribution < -0.4 is 5.32 Å². The molecule has 0 spiro atoms. The highest BCUT2D eigenvalue weighted by Crippen LogP contribution is 2.26. The molecular weight excluding hydrogens is 338 g/mol. The van der Waals surface area contributed by atoms with Gasteiger partial charge in [0.05, 0.1) is 4.90 Å². The van der Waals surface area contributed by atoms with Crippen molar-refractivity contribution in [3.05, 3.63) is 29.3 Å². The Morgan fingerprint density at radius 3 is 2.44 bits per heavy atom. The number of aryl methyl sites for hydroxylation is 2. The molecule has 2 rings (SSSR count). The average molecular weight is 368 g/mol. The standard InChI is InChI=1S/C18H29N3O3S/c1-14-5-6-17(15(2)13-14)25(23,24)21-10-7-16(8-11-21)18(22)19-9-12-20(3)4/h5-6,13,16H,7-12H2,1-4H3,(H,19,22). The largest absolute Gasteiger partial charge is 0.355 e. The molecule has 0 unspecified atom stereocenters. The number of sulfonamides is 1. The lowest BCUT2D eigenvalue weighted by Crippen LogP contribution is -2.44. The van der Waals surface area contributed by atoms with Gasteiger partial charge in [0, 0.05) is 32.1 Å². The molecule has 0 radical (unpaired) electrons. The lowest BCUT2D eigenvalue weighted by Gasteiger charge is -2.31. The number of hydrogen-bond donors (Lipinski definition) is 1. The Labute approximate surface area is 151 Å². The number of carbonyl (C=O) groups is 1. The summed E-state index contributed by atoms with van der Waals surface area (Å²) in [7, 11) is 0.430. The number of amides is 1. The van der Waals surface area contributed by atoms with Crippen molar-refractivity contribution in [3.8, 4) is 0 Å². The fraction of sp³-hybridized carbons (Fsp3) is 0.611. The predicted octanol–water partition coefficient (Wildman–Crippen LogP) is 1.38. The average Bonchev–Trinajstić information content (AvgIpc) is 2.54. The molecule has 1 fully saturated rings. The molecule has 1 amide bonds. The summed E-state index contributed by atoms with van der Waals surface area (Å²) in [5, 5.41) is 2.94. The normalized spacial score (nSPS) is 17.0. The summed E-state index contributed by atoms with van der Waals surface area (Å²) in [6.07, 6.45) is 1.13. The number of piperidine rings is 1. The first-order valence-electron chi connectivity index (χ1n) is 8.71. The van der Waals surface area contributed by atoms with Gasteiger partial charge in [-0.15, -0.1) is 0 Å². The zero-order chi connectivity index (χ0) is 18.6. The molecule has 140 valence electrons. The highest BCUT2D eigenvalue weighted by molar-refractivity contribution is 7.89. The van der Waals surface area contributed by atoms with Gasteiger partial charge in [-0.2, -0.15) is 4.31 Å². The van der Waals surface area contributed by atoms with E-state index in [1.807, 2.05) is 45.0 Å². The molecular formula is C18H29N3O3S. The van der Waals surface area contributed by atoms with Gasteiger partial charge >= 0.3 is 0 Å². The number of hydrogen-bond acceptors (Lipinski definition) is 4. The molecule has 25 heavy (non-hydrogen) atoms. The van der Waals surface area contributed by atoms with E-state index in [-0.39, 0.29) is 11.8 Å². The van der Waals surface area contributed by atoms with Crippen LogP contribution in [-0.4, -0.2) is 63.8 Å². The molecule has 0 atom stereocenters. The Balaban J connectivity index is 1.96. The monoisotopic (exact) mass is 367 g/mol. The van der Waals surface area contributed by atoms with Crippen LogP contribution in [0.1, 0.15) is 24.0 Å². The van der Waals surface area contributed by atoms with Crippen molar-refractivity contribution in [1.82, 2.24) is 14.5 Å². The van der Waals surface area contributed by atoms with Gasteiger partial charge in [-0.3, -0.25) is 4.79 Å². The van der Waals surface area contributed by atoms with Crippen molar-refractivity contribution in [2.75, 3.05) is 40.3 Å². The Hall–Kier alpha value is -1.44. The van der Waals surface area contributed by atoms with Gasteiger partial charge in [0.1, 0.15) is 0 Å². The quantitative estimate of drug-likeness (QED) is 0.825. The van der Waals surface area contributed by atoms with Crippen LogP contribution in [0, 0.1) is 19.8 Å². The van der Waals surface area contributed by atoms with E-state index in [1.165, 1.54) is 4.31 Å². The van der Waals surface area contributed by atoms with Crippen LogP contribution in [0.3, 0.4) is 0 Å². The Morgan fingerprint density at radius 2 is 1.88 bits per heavy atom. The molecule has 0 aliphatic carbocycles. The molecule has 1 aromatic carbocycles. The maximum Gasteiger partial charge on any atom is 0.243 e. The molecule has 0 aromatic heterocycles. The Kier molecular flexibility index (Phi) is 6.59. The third kappa shape index (κ3) is 5.03. The number of benzene rings is 1. The van der Waals surface area contributed by atoms with E-state index in [0.29, 0.717) is 37.4 Å². The van der Waals surface area contributed by atoms with Crippen molar-refractivity contribution in [1.29, 1.82) is 0 Å². The van der Waals surface area contributed by atoms with Crippen molar-refractivity contribution >= 4 is 15.9 Å². The minimum atomic E-state index is -3.49. The number of rotatable bonds is 6. The Morgan fingerprint density at radius 1 is 1.24 bits per heavy atom. The van der Waals surface area contributed by atoms with Gasteiger partial charge in [0.25, 0.3) is 0 Å². The highest BCUT2D eigenvalue weighted by atomic mass is 32.2. The molecule has 0 bridgehead atoms. The molecule has 1 aromatic rings. The van der Waals surface area contributed by atoms with E-state index >= 15 is 0 Å². The highest BCUT2D eigenvalue weighted by Gasteiger charge is 2.32. The van der Waals surface area contributed by atoms with Crippen LogP contribution in [0.2, 0.25) is 0 Å². The van der Waals surface area contributed by atoms with Gasteiger partial charge in [-0.05, 0) is 52.4 Å². The van der Waals surface area contributed by atoms with Crippen LogP contribution in [0.4, 0.5) is 0 Å². The maximum absolute atomic E-state index is 12.9. The first-order valence-corrected chi connectivity index (χ1v) is 10.2. The number of likely N-dealkylation sites (N-methyl/N-ethyl adjacent to an activating group) is 1. The SMILES string of the molecule is Cc1ccc(S(=O)(=O)N2CCC(C(=O)NCCN(C)C)CC2)c(C)c1. The van der Waals surface area contributed by atoms with Crippen LogP contribution >= 0.6 is 0 Å². The van der Waals surface area contributed by atoms with E-state index in [0.717, 1.165) is 17.7 Å². The third-order valence-corrected chi connectivity index (χ3v) is 6.69. The van der Waals surface area contributed by atoms with Crippen molar-refractivity contribution in [2.45, 2.75) is 31.6 Å². The molecule has 1 N–H and O–H groups in total. The van der Waals surface area contributed by atoms with Crippen molar-refractivity contribution in [3.63, 3.8) is 0 Å². The minimum absolute atomic E-state index is 0.0328. The third-order valence-electron chi connectivity index (χ3n) is 4.63. The molecule has 1 aliphatic heterocycles. The summed E-state index contributed by atoms with van der Waals surface area (Å²) in [5.74, 6) is -0.0712. The van der Waals surface area contributed by atoms with Crippen LogP contribution in [-0.2, 0) is 14.8 Å². The van der Waals surface area contributed by atoms with Crippen LogP contribution in [0.25, 0.3) is 0 Å². The lowest BCUT2D eigenvalue weighted by atomic mass is 9.97. The fourth-order valence-electron chi connectivity index (χ4n) is 3.13. The van der Waals surface area contributed by atoms with Gasteiger partial charge in [0.2, 0.25) is 15.9 Å². The molecule has 1 saturated heterocycles. The van der Waals surface area contributed by atoms with E-state index in [9.17, 15) is 13.2 Å². The van der Waals surface area contributed by atoms with E-state index < -0.39 is 10.0 Å². The molecule has 0 saturated carbocycles. The smallest absolute Gasteiger partial charge is 0.243 e. The van der Waals surface area contributed by atoms with E-state index in [2.05, 4.69) is 5.32 Å². The van der Waals surface area contributed by atoms with Gasteiger partial charge in [-0.25, -0.2) is 8.42 Å². The van der Waals surface area contributed by atoms with E-state index in [1.54, 1.807) is 6.07 Å². The topological polar surface area (TPSA) is 69.7 Å². The second-order valence-corrected chi connectivity index (χ2v) is 8.95. The van der Waals surface area contributed by atoms with E-state index in [4.69, 9.17) is 0 Å². The van der Waals surface area contributed by atoms with Crippen LogP contribution in [0.15, 0.2) is 23.1 Å². The molecule has 1 heterocycles. The predicted molar refractivity (Wildman–Crippen MR) is 99.0 cm³/mol. The summed E-state index contributed by atoms with van der Waals surface area (Å²) in [6.45, 7) is 5.97. The summed E-state index contributed by atoms with van der Waals surface area (Å²) >= 11 is 0. The lowest BCUT2D eigenvalue weighted by molar-refractivity contribution is -0.126. The van der Waals surface area contributed by atoms with Crippen LogP contribution in [0.5, 0.6) is 0 Å². The molecule has 1 aliphatic rings. The first-order chi connectivity index (χ1) is 11.7. The summed E-state index contributed by atoms with van der Waals surface area (Å²) in [5.41, 5.74) is 1.81. The Bertz CT molecular complexity index is 708. The number of carbonyl (C=O) groups excluding carboxylic acids is 1. The summed E-state index contributed by atoms with van der Waals surface area (Å²) < 4.78 is 27.2. The summed E-state index contributed by atoms with van der Waals surface area (Å²) in [4.78, 5) is 14.6. The van der Waals surface area contributed by atoms with Gasteiger partial charge in [-0.1, -0.05) is 17.7 Å². The fourth-order valence-corrected chi connectivity index (χ4v) is 4.81. The maximum atomic E-state index is 12.9. The minimum Gasteiger partial charge on any atom is -0.355 e. The van der Waals surface area contributed by atoms with Gasteiger partial charge < -0.3 is 10.2 Å². The second-order valence-electron chi connectivity index (χ2n) is 7.04. The van der Waals surface area contributed by atoms with Gasteiger partial charge in [0.15, 0.2) is 0 Å². The van der Waals surface area contributed by atoms with Crippen molar-refractivity contribution < 1.29 is 13.2 Å². The second kappa shape index (κ2) is 8.29. The van der Waals surface area contributed by atoms with Crippen molar-refractivity contribution in [2.24, 2.45) is 5.92 Å². The zero-order valence-corrected chi connectivity index (χ0v) is 16.4. The molecule has 6 nitrogen and oxygen atoms in total. The zero-order valence-electron chi connectivity index (χ0n) is 15.6. The number of nitrogens with one attached hydrogen (secondary N) is 1. The molecule has 7 heteroatoms. The number of nitrogens with zero attached hydrogens (tertiary/aromatic N) is 2. The first kappa shape index (κ1) is 19.9. The summed E-state index contributed by atoms with van der Waals surface area (Å²) in [6, 6.07) is 5.39.